The molecule has 0 unspecified atom stereocenters. The summed E-state index contributed by atoms with van der Waals surface area (Å²) in [6, 6.07) is 5.50. The molecule has 19 heavy (non-hydrogen) atoms. The first-order valence-electron chi connectivity index (χ1n) is 5.60. The van der Waals surface area contributed by atoms with Gasteiger partial charge in [0.05, 0.1) is 4.90 Å². The van der Waals surface area contributed by atoms with Crippen molar-refractivity contribution in [1.29, 1.82) is 0 Å². The minimum Gasteiger partial charge on any atom is -0.508 e. The van der Waals surface area contributed by atoms with Crippen molar-refractivity contribution in [3.8, 4) is 5.75 Å². The number of aryl methyl sites for hydroxylation is 1. The molecule has 2 aromatic rings. The fourth-order valence-electron chi connectivity index (χ4n) is 1.53. The zero-order valence-corrected chi connectivity index (χ0v) is 11.1. The van der Waals surface area contributed by atoms with Crippen LogP contribution in [0.1, 0.15) is 5.82 Å². The Balaban J connectivity index is 1.98. The maximum absolute atomic E-state index is 11.9. The summed E-state index contributed by atoms with van der Waals surface area (Å²) >= 11 is 0. The molecule has 0 fully saturated rings. The van der Waals surface area contributed by atoms with E-state index in [-0.39, 0.29) is 17.2 Å². The number of phenols is 1. The number of hydrogen-bond acceptors (Lipinski definition) is 5. The second-order valence-corrected chi connectivity index (χ2v) is 5.75. The summed E-state index contributed by atoms with van der Waals surface area (Å²) in [4.78, 5) is 4.03. The smallest absolute Gasteiger partial charge is 0.240 e. The van der Waals surface area contributed by atoms with Crippen LogP contribution in [0.25, 0.3) is 0 Å². The topological polar surface area (TPSA) is 97.1 Å². The van der Waals surface area contributed by atoms with E-state index in [0.29, 0.717) is 12.2 Å². The third kappa shape index (κ3) is 3.52. The molecule has 102 valence electrons. The van der Waals surface area contributed by atoms with Gasteiger partial charge in [0.1, 0.15) is 12.1 Å². The SMILES string of the molecule is Cn1cnc(CCNS(=O)(=O)c2cccc(O)c2)n1. The summed E-state index contributed by atoms with van der Waals surface area (Å²) in [5.41, 5.74) is 0. The van der Waals surface area contributed by atoms with Crippen LogP contribution in [0, 0.1) is 0 Å². The van der Waals surface area contributed by atoms with Gasteiger partial charge in [0.25, 0.3) is 0 Å². The van der Waals surface area contributed by atoms with E-state index >= 15 is 0 Å². The molecule has 0 aliphatic rings. The molecule has 0 atom stereocenters. The number of sulfonamides is 1. The van der Waals surface area contributed by atoms with Crippen molar-refractivity contribution in [2.75, 3.05) is 6.54 Å². The van der Waals surface area contributed by atoms with Gasteiger partial charge in [-0.05, 0) is 18.2 Å². The van der Waals surface area contributed by atoms with E-state index in [0.717, 1.165) is 0 Å². The maximum Gasteiger partial charge on any atom is 0.240 e. The first kappa shape index (κ1) is 13.5. The molecule has 7 nitrogen and oxygen atoms in total. The third-order valence-corrected chi connectivity index (χ3v) is 3.87. The van der Waals surface area contributed by atoms with Gasteiger partial charge in [-0.25, -0.2) is 18.1 Å². The Labute approximate surface area is 111 Å². The number of aromatic nitrogens is 3. The van der Waals surface area contributed by atoms with Gasteiger partial charge >= 0.3 is 0 Å². The molecule has 0 saturated carbocycles. The van der Waals surface area contributed by atoms with Gasteiger partial charge in [0.2, 0.25) is 10.0 Å². The normalized spacial score (nSPS) is 11.6. The summed E-state index contributed by atoms with van der Waals surface area (Å²) in [5, 5.41) is 13.3. The Morgan fingerprint density at radius 3 is 2.84 bits per heavy atom. The molecular weight excluding hydrogens is 268 g/mol. The molecule has 1 heterocycles. The molecular formula is C11H14N4O3S. The van der Waals surface area contributed by atoms with Crippen LogP contribution in [0.15, 0.2) is 35.5 Å². The van der Waals surface area contributed by atoms with E-state index in [1.54, 1.807) is 18.1 Å². The van der Waals surface area contributed by atoms with Crippen molar-refractivity contribution < 1.29 is 13.5 Å². The quantitative estimate of drug-likeness (QED) is 0.807. The van der Waals surface area contributed by atoms with Gasteiger partial charge in [-0.1, -0.05) is 6.07 Å². The molecule has 0 bridgehead atoms. The molecule has 0 spiro atoms. The molecule has 2 rings (SSSR count). The van der Waals surface area contributed by atoms with Gasteiger partial charge < -0.3 is 5.11 Å². The lowest BCUT2D eigenvalue weighted by Gasteiger charge is -2.05. The molecule has 0 aliphatic carbocycles. The number of rotatable bonds is 5. The lowest BCUT2D eigenvalue weighted by atomic mass is 10.3. The Morgan fingerprint density at radius 2 is 2.21 bits per heavy atom. The number of hydrogen-bond donors (Lipinski definition) is 2. The van der Waals surface area contributed by atoms with Crippen molar-refractivity contribution in [2.24, 2.45) is 7.05 Å². The Bertz CT molecular complexity index is 666. The lowest BCUT2D eigenvalue weighted by molar-refractivity contribution is 0.473. The minimum atomic E-state index is -3.62. The van der Waals surface area contributed by atoms with E-state index in [4.69, 9.17) is 0 Å². The second kappa shape index (κ2) is 5.37. The van der Waals surface area contributed by atoms with Crippen LogP contribution in [-0.2, 0) is 23.5 Å². The number of aromatic hydroxyl groups is 1. The summed E-state index contributed by atoms with van der Waals surface area (Å²) in [5.74, 6) is 0.482. The predicted molar refractivity (Wildman–Crippen MR) is 68.0 cm³/mol. The number of phenolic OH excluding ortho intramolecular Hbond substituents is 1. The molecule has 0 radical (unpaired) electrons. The lowest BCUT2D eigenvalue weighted by Crippen LogP contribution is -2.26. The zero-order chi connectivity index (χ0) is 13.9. The molecule has 0 amide bonds. The highest BCUT2D eigenvalue weighted by molar-refractivity contribution is 7.89. The van der Waals surface area contributed by atoms with Gasteiger partial charge in [0, 0.05) is 20.0 Å². The zero-order valence-electron chi connectivity index (χ0n) is 10.3. The van der Waals surface area contributed by atoms with E-state index in [1.807, 2.05) is 0 Å². The van der Waals surface area contributed by atoms with Gasteiger partial charge in [-0.15, -0.1) is 0 Å². The van der Waals surface area contributed by atoms with E-state index < -0.39 is 10.0 Å². The standard InChI is InChI=1S/C11H14N4O3S/c1-15-8-12-11(14-15)5-6-13-19(17,18)10-4-2-3-9(16)7-10/h2-4,7-8,13,16H,5-6H2,1H3. The maximum atomic E-state index is 11.9. The van der Waals surface area contributed by atoms with Gasteiger partial charge in [-0.2, -0.15) is 5.10 Å². The van der Waals surface area contributed by atoms with Crippen LogP contribution in [0.2, 0.25) is 0 Å². The van der Waals surface area contributed by atoms with E-state index in [9.17, 15) is 13.5 Å². The van der Waals surface area contributed by atoms with Crippen molar-refractivity contribution >= 4 is 10.0 Å². The van der Waals surface area contributed by atoms with Crippen LogP contribution in [-0.4, -0.2) is 34.8 Å². The van der Waals surface area contributed by atoms with E-state index in [2.05, 4.69) is 14.8 Å². The van der Waals surface area contributed by atoms with Crippen molar-refractivity contribution in [2.45, 2.75) is 11.3 Å². The molecule has 0 aliphatic heterocycles. The highest BCUT2D eigenvalue weighted by atomic mass is 32.2. The highest BCUT2D eigenvalue weighted by Crippen LogP contribution is 2.15. The number of nitrogens with one attached hydrogen (secondary N) is 1. The van der Waals surface area contributed by atoms with Gasteiger partial charge in [-0.3, -0.25) is 4.68 Å². The van der Waals surface area contributed by atoms with Crippen LogP contribution in [0.4, 0.5) is 0 Å². The minimum absolute atomic E-state index is 0.0291. The average Bonchev–Trinajstić information content (AvgIpc) is 2.75. The fraction of sp³-hybridized carbons (Fsp3) is 0.273. The monoisotopic (exact) mass is 282 g/mol. The molecule has 8 heteroatoms. The highest BCUT2D eigenvalue weighted by Gasteiger charge is 2.14. The Hall–Kier alpha value is -1.93. The molecule has 1 aromatic heterocycles. The first-order valence-corrected chi connectivity index (χ1v) is 7.09. The molecule has 1 aromatic carbocycles. The summed E-state index contributed by atoms with van der Waals surface area (Å²) in [6.07, 6.45) is 1.96. The van der Waals surface area contributed by atoms with Gasteiger partial charge in [0.15, 0.2) is 5.82 Å². The Kier molecular flexibility index (Phi) is 3.82. The number of nitrogens with zero attached hydrogens (tertiary/aromatic N) is 3. The number of benzene rings is 1. The largest absolute Gasteiger partial charge is 0.508 e. The molecule has 0 saturated heterocycles. The predicted octanol–water partition coefficient (Wildman–Crippen LogP) is 0.0417. The van der Waals surface area contributed by atoms with Crippen molar-refractivity contribution in [1.82, 2.24) is 19.5 Å². The van der Waals surface area contributed by atoms with Crippen LogP contribution in [0.3, 0.4) is 0 Å². The van der Waals surface area contributed by atoms with Crippen LogP contribution in [0.5, 0.6) is 5.75 Å². The second-order valence-electron chi connectivity index (χ2n) is 3.98. The Morgan fingerprint density at radius 1 is 1.42 bits per heavy atom. The fourth-order valence-corrected chi connectivity index (χ4v) is 2.60. The molecule has 2 N–H and O–H groups in total. The summed E-state index contributed by atoms with van der Waals surface area (Å²) in [7, 11) is -1.88. The van der Waals surface area contributed by atoms with E-state index in [1.165, 1.54) is 24.3 Å². The van der Waals surface area contributed by atoms with Crippen LogP contribution < -0.4 is 4.72 Å². The van der Waals surface area contributed by atoms with Crippen molar-refractivity contribution in [3.63, 3.8) is 0 Å². The third-order valence-electron chi connectivity index (χ3n) is 2.42. The summed E-state index contributed by atoms with van der Waals surface area (Å²) in [6.45, 7) is 0.196. The first-order chi connectivity index (χ1) is 8.97. The average molecular weight is 282 g/mol. The van der Waals surface area contributed by atoms with Crippen LogP contribution >= 0.6 is 0 Å². The van der Waals surface area contributed by atoms with Crippen molar-refractivity contribution in [3.05, 3.63) is 36.4 Å². The summed E-state index contributed by atoms with van der Waals surface area (Å²) < 4.78 is 27.8.